The monoisotopic (exact) mass is 154 g/mol. The molecule has 2 aliphatic heterocycles. The second-order valence-corrected chi connectivity index (χ2v) is 3.77. The van der Waals surface area contributed by atoms with Gasteiger partial charge in [-0.3, -0.25) is 10.1 Å². The van der Waals surface area contributed by atoms with Gasteiger partial charge in [0.05, 0.1) is 5.66 Å². The molecule has 2 heterocycles. The number of hydrogen-bond donors (Lipinski definition) is 1. The number of nitrogens with one attached hydrogen (secondary N) is 1. The van der Waals surface area contributed by atoms with Crippen LogP contribution in [0.25, 0.3) is 0 Å². The van der Waals surface area contributed by atoms with Gasteiger partial charge in [-0.2, -0.15) is 0 Å². The number of nitrogens with zero attached hydrogens (tertiary/aromatic N) is 1. The SMILES string of the molecule is C[C@@H]1CN[C@@]2(C)CCC(=O)N12. The fraction of sp³-hybridized carbons (Fsp3) is 0.875. The van der Waals surface area contributed by atoms with Crippen LogP contribution < -0.4 is 5.32 Å². The molecule has 0 aromatic heterocycles. The van der Waals surface area contributed by atoms with Crippen molar-refractivity contribution in [1.29, 1.82) is 0 Å². The highest BCUT2D eigenvalue weighted by Crippen LogP contribution is 2.33. The molecule has 62 valence electrons. The van der Waals surface area contributed by atoms with Crippen molar-refractivity contribution in [2.75, 3.05) is 6.54 Å². The molecule has 0 aromatic carbocycles. The molecule has 0 bridgehead atoms. The Kier molecular flexibility index (Phi) is 1.27. The molecule has 1 amide bonds. The zero-order chi connectivity index (χ0) is 8.06. The summed E-state index contributed by atoms with van der Waals surface area (Å²) in [4.78, 5) is 13.4. The largest absolute Gasteiger partial charge is 0.321 e. The second kappa shape index (κ2) is 1.97. The summed E-state index contributed by atoms with van der Waals surface area (Å²) < 4.78 is 0. The number of carbonyl (C=O) groups excluding carboxylic acids is 1. The molecule has 0 saturated carbocycles. The third-order valence-corrected chi connectivity index (χ3v) is 2.85. The van der Waals surface area contributed by atoms with Crippen molar-refractivity contribution in [2.45, 2.75) is 38.4 Å². The molecular formula is C8H14N2O. The first-order valence-electron chi connectivity index (χ1n) is 4.21. The lowest BCUT2D eigenvalue weighted by atomic mass is 10.1. The Morgan fingerprint density at radius 1 is 1.73 bits per heavy atom. The van der Waals surface area contributed by atoms with Crippen LogP contribution in [0.4, 0.5) is 0 Å². The Morgan fingerprint density at radius 3 is 3.09 bits per heavy atom. The highest BCUT2D eigenvalue weighted by atomic mass is 16.2. The van der Waals surface area contributed by atoms with Crippen LogP contribution in [0.2, 0.25) is 0 Å². The van der Waals surface area contributed by atoms with Crippen molar-refractivity contribution in [3.05, 3.63) is 0 Å². The molecule has 0 spiro atoms. The van der Waals surface area contributed by atoms with E-state index in [1.54, 1.807) is 0 Å². The topological polar surface area (TPSA) is 32.3 Å². The third-order valence-electron chi connectivity index (χ3n) is 2.85. The van der Waals surface area contributed by atoms with Gasteiger partial charge in [-0.1, -0.05) is 0 Å². The predicted octanol–water partition coefficient (Wildman–Crippen LogP) is 0.317. The summed E-state index contributed by atoms with van der Waals surface area (Å²) in [6, 6.07) is 0.384. The quantitative estimate of drug-likeness (QED) is 0.545. The fourth-order valence-corrected chi connectivity index (χ4v) is 2.23. The van der Waals surface area contributed by atoms with Crippen LogP contribution in [0.15, 0.2) is 0 Å². The summed E-state index contributed by atoms with van der Waals surface area (Å²) in [7, 11) is 0. The van der Waals surface area contributed by atoms with Crippen molar-refractivity contribution < 1.29 is 4.79 Å². The van der Waals surface area contributed by atoms with Crippen LogP contribution in [-0.4, -0.2) is 29.1 Å². The van der Waals surface area contributed by atoms with Gasteiger partial charge in [-0.15, -0.1) is 0 Å². The van der Waals surface area contributed by atoms with Gasteiger partial charge in [0.25, 0.3) is 0 Å². The maximum Gasteiger partial charge on any atom is 0.224 e. The van der Waals surface area contributed by atoms with E-state index < -0.39 is 0 Å². The molecule has 2 aliphatic rings. The van der Waals surface area contributed by atoms with Gasteiger partial charge in [0.15, 0.2) is 0 Å². The highest BCUT2D eigenvalue weighted by Gasteiger charge is 2.47. The number of rotatable bonds is 0. The average molecular weight is 154 g/mol. The van der Waals surface area contributed by atoms with E-state index in [2.05, 4.69) is 19.2 Å². The summed E-state index contributed by atoms with van der Waals surface area (Å²) in [5.41, 5.74) is -0.0174. The van der Waals surface area contributed by atoms with Crippen LogP contribution in [0.3, 0.4) is 0 Å². The summed E-state index contributed by atoms with van der Waals surface area (Å²) in [6.07, 6.45) is 1.68. The molecule has 0 radical (unpaired) electrons. The maximum absolute atomic E-state index is 11.4. The standard InChI is InChI=1S/C8H14N2O/c1-6-5-9-8(2)4-3-7(11)10(6)8/h6,9H,3-5H2,1-2H3/t6-,8-/m1/s1. The predicted molar refractivity (Wildman–Crippen MR) is 41.9 cm³/mol. The van der Waals surface area contributed by atoms with Crippen LogP contribution >= 0.6 is 0 Å². The minimum atomic E-state index is -0.0174. The summed E-state index contributed by atoms with van der Waals surface area (Å²) in [5.74, 6) is 0.310. The molecule has 2 fully saturated rings. The summed E-state index contributed by atoms with van der Waals surface area (Å²) in [6.45, 7) is 5.16. The second-order valence-electron chi connectivity index (χ2n) is 3.77. The van der Waals surface area contributed by atoms with Gasteiger partial charge < -0.3 is 4.90 Å². The number of amides is 1. The number of carbonyl (C=O) groups is 1. The Bertz CT molecular complexity index is 204. The fourth-order valence-electron chi connectivity index (χ4n) is 2.23. The van der Waals surface area contributed by atoms with Gasteiger partial charge in [0.1, 0.15) is 0 Å². The van der Waals surface area contributed by atoms with Crippen LogP contribution in [-0.2, 0) is 4.79 Å². The van der Waals surface area contributed by atoms with E-state index >= 15 is 0 Å². The van der Waals surface area contributed by atoms with E-state index in [1.807, 2.05) is 4.90 Å². The summed E-state index contributed by atoms with van der Waals surface area (Å²) >= 11 is 0. The van der Waals surface area contributed by atoms with Crippen LogP contribution in [0.5, 0.6) is 0 Å². The average Bonchev–Trinajstić information content (AvgIpc) is 2.38. The molecular weight excluding hydrogens is 140 g/mol. The zero-order valence-electron chi connectivity index (χ0n) is 7.05. The summed E-state index contributed by atoms with van der Waals surface area (Å²) in [5, 5.41) is 3.38. The van der Waals surface area contributed by atoms with E-state index in [0.717, 1.165) is 13.0 Å². The van der Waals surface area contributed by atoms with E-state index in [4.69, 9.17) is 0 Å². The molecule has 1 N–H and O–H groups in total. The molecule has 2 atom stereocenters. The normalized spacial score (nSPS) is 43.3. The number of fused-ring (bicyclic) bond motifs is 1. The Balaban J connectivity index is 2.30. The lowest BCUT2D eigenvalue weighted by molar-refractivity contribution is -0.131. The van der Waals surface area contributed by atoms with E-state index in [9.17, 15) is 4.79 Å². The van der Waals surface area contributed by atoms with Crippen molar-refractivity contribution in [3.8, 4) is 0 Å². The molecule has 0 unspecified atom stereocenters. The van der Waals surface area contributed by atoms with E-state index in [1.165, 1.54) is 0 Å². The van der Waals surface area contributed by atoms with Gasteiger partial charge in [-0.25, -0.2) is 0 Å². The van der Waals surface area contributed by atoms with Gasteiger partial charge in [-0.05, 0) is 20.3 Å². The van der Waals surface area contributed by atoms with Gasteiger partial charge >= 0.3 is 0 Å². The molecule has 0 aliphatic carbocycles. The van der Waals surface area contributed by atoms with Crippen molar-refractivity contribution in [3.63, 3.8) is 0 Å². The Morgan fingerprint density at radius 2 is 2.45 bits per heavy atom. The smallest absolute Gasteiger partial charge is 0.224 e. The lowest BCUT2D eigenvalue weighted by Crippen LogP contribution is -2.46. The van der Waals surface area contributed by atoms with E-state index in [0.29, 0.717) is 18.4 Å². The first-order valence-corrected chi connectivity index (χ1v) is 4.21. The molecule has 3 nitrogen and oxygen atoms in total. The van der Waals surface area contributed by atoms with Crippen molar-refractivity contribution >= 4 is 5.91 Å². The molecule has 2 saturated heterocycles. The van der Waals surface area contributed by atoms with Crippen molar-refractivity contribution in [1.82, 2.24) is 10.2 Å². The Hall–Kier alpha value is -0.570. The minimum Gasteiger partial charge on any atom is -0.321 e. The lowest BCUT2D eigenvalue weighted by Gasteiger charge is -2.29. The highest BCUT2D eigenvalue weighted by molar-refractivity contribution is 5.80. The molecule has 11 heavy (non-hydrogen) atoms. The van der Waals surface area contributed by atoms with Gasteiger partial charge in [0, 0.05) is 19.0 Å². The first-order chi connectivity index (χ1) is 5.13. The third kappa shape index (κ3) is 0.805. The Labute approximate surface area is 66.8 Å². The van der Waals surface area contributed by atoms with E-state index in [-0.39, 0.29) is 5.66 Å². The zero-order valence-corrected chi connectivity index (χ0v) is 7.05. The first kappa shape index (κ1) is 7.10. The van der Waals surface area contributed by atoms with Crippen molar-refractivity contribution in [2.24, 2.45) is 0 Å². The molecule has 2 rings (SSSR count). The van der Waals surface area contributed by atoms with Crippen LogP contribution in [0.1, 0.15) is 26.7 Å². The molecule has 3 heteroatoms. The maximum atomic E-state index is 11.4. The van der Waals surface area contributed by atoms with Gasteiger partial charge in [0.2, 0.25) is 5.91 Å². The molecule has 0 aromatic rings. The minimum absolute atomic E-state index is 0.0174. The number of hydrogen-bond acceptors (Lipinski definition) is 2. The van der Waals surface area contributed by atoms with Crippen LogP contribution in [0, 0.1) is 0 Å².